The van der Waals surface area contributed by atoms with Crippen LogP contribution < -0.4 is 0 Å². The third kappa shape index (κ3) is 3.54. The Morgan fingerprint density at radius 1 is 1.57 bits per heavy atom. The molecule has 14 heavy (non-hydrogen) atoms. The molecule has 0 amide bonds. The molecule has 0 spiro atoms. The van der Waals surface area contributed by atoms with E-state index in [0.29, 0.717) is 6.61 Å². The maximum Gasteiger partial charge on any atom is 0.107 e. The van der Waals surface area contributed by atoms with E-state index in [1.165, 1.54) is 0 Å². The van der Waals surface area contributed by atoms with Crippen molar-refractivity contribution < 1.29 is 14.0 Å². The molecule has 0 aromatic carbocycles. The molecular formula is C8H16B2O3P. The molecule has 1 aliphatic heterocycles. The summed E-state index contributed by atoms with van der Waals surface area (Å²) in [5, 5.41) is 0. The van der Waals surface area contributed by atoms with Crippen molar-refractivity contribution in [1.82, 2.24) is 0 Å². The van der Waals surface area contributed by atoms with Gasteiger partial charge in [-0.25, -0.2) is 0 Å². The van der Waals surface area contributed by atoms with Crippen LogP contribution >= 0.6 is 8.15 Å². The molecule has 1 saturated heterocycles. The van der Waals surface area contributed by atoms with Crippen LogP contribution in [0.25, 0.3) is 0 Å². The van der Waals surface area contributed by atoms with Crippen LogP contribution in [0.4, 0.5) is 0 Å². The first-order chi connectivity index (χ1) is 6.67. The summed E-state index contributed by atoms with van der Waals surface area (Å²) in [6.07, 6.45) is 0.955. The molecule has 3 nitrogen and oxygen atoms in total. The van der Waals surface area contributed by atoms with Gasteiger partial charge in [0.25, 0.3) is 0 Å². The van der Waals surface area contributed by atoms with Gasteiger partial charge in [-0.15, -0.1) is 0 Å². The second kappa shape index (κ2) is 6.12. The van der Waals surface area contributed by atoms with Crippen LogP contribution in [0.1, 0.15) is 6.42 Å². The molecule has 0 aromatic rings. The van der Waals surface area contributed by atoms with Crippen LogP contribution in [0.15, 0.2) is 0 Å². The Balaban J connectivity index is 2.34. The smallest absolute Gasteiger partial charge is 0.107 e. The van der Waals surface area contributed by atoms with E-state index in [0.717, 1.165) is 6.42 Å². The largest absolute Gasteiger partial charge is 0.380 e. The number of hydrogen-bond donors (Lipinski definition) is 0. The zero-order valence-corrected chi connectivity index (χ0v) is 9.87. The maximum atomic E-state index is 5.64. The summed E-state index contributed by atoms with van der Waals surface area (Å²) in [7, 11) is 8.36. The fourth-order valence-corrected chi connectivity index (χ4v) is 1.93. The van der Waals surface area contributed by atoms with E-state index >= 15 is 0 Å². The molecular weight excluding hydrogens is 197 g/mol. The van der Waals surface area contributed by atoms with Crippen molar-refractivity contribution in [2.45, 2.75) is 24.6 Å². The lowest BCUT2D eigenvalue weighted by Gasteiger charge is -2.18. The van der Waals surface area contributed by atoms with Crippen LogP contribution in [0.2, 0.25) is 0 Å². The van der Waals surface area contributed by atoms with Crippen molar-refractivity contribution in [3.8, 4) is 0 Å². The molecule has 0 N–H and O–H groups in total. The Kier molecular flexibility index (Phi) is 5.47. The lowest BCUT2D eigenvalue weighted by atomic mass is 9.51. The quantitative estimate of drug-likeness (QED) is 0.493. The topological polar surface area (TPSA) is 27.7 Å². The molecule has 0 bridgehead atoms. The highest BCUT2D eigenvalue weighted by Gasteiger charge is 2.34. The third-order valence-corrected chi connectivity index (χ3v) is 2.91. The first kappa shape index (κ1) is 12.5. The molecule has 1 fully saturated rings. The van der Waals surface area contributed by atoms with Gasteiger partial charge < -0.3 is 14.0 Å². The first-order valence-electron chi connectivity index (χ1n) is 4.71. The molecule has 0 aliphatic carbocycles. The van der Waals surface area contributed by atoms with Crippen LogP contribution in [-0.2, 0) is 14.0 Å². The zero-order chi connectivity index (χ0) is 10.6. The summed E-state index contributed by atoms with van der Waals surface area (Å²) >= 11 is 0. The third-order valence-electron chi connectivity index (χ3n) is 2.24. The molecule has 0 aromatic heterocycles. The highest BCUT2D eigenvalue weighted by Crippen LogP contribution is 2.29. The Bertz CT molecular complexity index is 171. The average Bonchev–Trinajstić information content (AvgIpc) is 2.57. The molecule has 3 unspecified atom stereocenters. The van der Waals surface area contributed by atoms with Crippen molar-refractivity contribution in [2.75, 3.05) is 27.0 Å². The summed E-state index contributed by atoms with van der Waals surface area (Å²) in [4.78, 5) is 0. The molecule has 1 aliphatic rings. The lowest BCUT2D eigenvalue weighted by molar-refractivity contribution is -0.0127. The predicted molar refractivity (Wildman–Crippen MR) is 60.3 cm³/mol. The van der Waals surface area contributed by atoms with Gasteiger partial charge in [-0.05, 0) is 19.8 Å². The van der Waals surface area contributed by atoms with Crippen LogP contribution in [-0.4, -0.2) is 60.2 Å². The number of rotatable bonds is 5. The normalized spacial score (nSPS) is 32.4. The van der Waals surface area contributed by atoms with Gasteiger partial charge in [0.05, 0.1) is 19.9 Å². The van der Waals surface area contributed by atoms with Crippen LogP contribution in [0, 0.1) is 0 Å². The minimum absolute atomic E-state index is 0.00786. The van der Waals surface area contributed by atoms with Gasteiger partial charge in [-0.2, -0.15) is 0 Å². The van der Waals surface area contributed by atoms with Gasteiger partial charge in [0.2, 0.25) is 0 Å². The van der Waals surface area contributed by atoms with E-state index in [4.69, 9.17) is 21.7 Å². The van der Waals surface area contributed by atoms with E-state index in [1.54, 1.807) is 14.3 Å². The molecule has 1 heterocycles. The van der Waals surface area contributed by atoms with Crippen LogP contribution in [0.3, 0.4) is 0 Å². The van der Waals surface area contributed by atoms with Gasteiger partial charge in [0.1, 0.15) is 6.10 Å². The van der Waals surface area contributed by atoms with E-state index < -0.39 is 0 Å². The minimum atomic E-state index is -0.336. The van der Waals surface area contributed by atoms with E-state index in [9.17, 15) is 0 Å². The van der Waals surface area contributed by atoms with Gasteiger partial charge >= 0.3 is 0 Å². The Labute approximate surface area is 89.3 Å². The average molecular weight is 213 g/mol. The summed E-state index contributed by atoms with van der Waals surface area (Å²) < 4.78 is 16.5. The maximum absolute atomic E-state index is 5.64. The standard InChI is InChI=1S/C8H16B2O3P/c1-11-6-4-8(10-9)13-7(6)5-12-14(2)3/h6-8H,4-5H2,1-3H3. The van der Waals surface area contributed by atoms with Gasteiger partial charge in [0, 0.05) is 29.0 Å². The van der Waals surface area contributed by atoms with Crippen molar-refractivity contribution in [2.24, 2.45) is 0 Å². The molecule has 1 rings (SSSR count). The Hall–Kier alpha value is 0.440. The summed E-state index contributed by atoms with van der Waals surface area (Å²) in [6.45, 7) is 4.73. The second-order valence-electron chi connectivity index (χ2n) is 3.52. The van der Waals surface area contributed by atoms with Gasteiger partial charge in [0.15, 0.2) is 0 Å². The second-order valence-corrected chi connectivity index (χ2v) is 5.41. The highest BCUT2D eigenvalue weighted by molar-refractivity contribution is 7.50. The number of ether oxygens (including phenoxy) is 2. The van der Waals surface area contributed by atoms with Crippen molar-refractivity contribution in [3.05, 3.63) is 0 Å². The summed E-state index contributed by atoms with van der Waals surface area (Å²) in [5.74, 6) is 0. The van der Waals surface area contributed by atoms with E-state index in [1.807, 2.05) is 0 Å². The first-order valence-corrected chi connectivity index (χ1v) is 6.86. The summed E-state index contributed by atoms with van der Waals surface area (Å²) in [5.41, 5.74) is 0. The molecule has 0 saturated carbocycles. The lowest BCUT2D eigenvalue weighted by Crippen LogP contribution is -2.27. The fraction of sp³-hybridized carbons (Fsp3) is 1.00. The summed E-state index contributed by atoms with van der Waals surface area (Å²) in [6, 6.07) is 0.00786. The molecule has 6 heteroatoms. The molecule has 77 valence electrons. The van der Waals surface area contributed by atoms with Crippen molar-refractivity contribution in [1.29, 1.82) is 0 Å². The van der Waals surface area contributed by atoms with Crippen molar-refractivity contribution in [3.63, 3.8) is 0 Å². The molecule has 3 atom stereocenters. The van der Waals surface area contributed by atoms with Gasteiger partial charge in [-0.1, -0.05) is 0 Å². The predicted octanol–water partition coefficient (Wildman–Crippen LogP) is 0.577. The number of methoxy groups -OCH3 is 1. The minimum Gasteiger partial charge on any atom is -0.380 e. The SMILES string of the molecule is [B][B]C1CC(OC)C(COP(C)C)O1. The monoisotopic (exact) mass is 213 g/mol. The van der Waals surface area contributed by atoms with Crippen molar-refractivity contribution >= 4 is 23.1 Å². The highest BCUT2D eigenvalue weighted by atomic mass is 31.1. The van der Waals surface area contributed by atoms with E-state index in [-0.39, 0.29) is 26.4 Å². The zero-order valence-electron chi connectivity index (χ0n) is 8.97. The molecule has 3 radical (unpaired) electrons. The number of hydrogen-bond acceptors (Lipinski definition) is 3. The Morgan fingerprint density at radius 2 is 2.29 bits per heavy atom. The van der Waals surface area contributed by atoms with E-state index in [2.05, 4.69) is 13.3 Å². The van der Waals surface area contributed by atoms with Crippen LogP contribution in [0.5, 0.6) is 0 Å². The van der Waals surface area contributed by atoms with Gasteiger partial charge in [-0.3, -0.25) is 0 Å². The fourth-order valence-electron chi connectivity index (χ4n) is 1.49. The Morgan fingerprint density at radius 3 is 2.79 bits per heavy atom.